The third-order valence-electron chi connectivity index (χ3n) is 3.99. The summed E-state index contributed by atoms with van der Waals surface area (Å²) < 4.78 is 5.33. The Hall–Kier alpha value is -1.39. The molecule has 0 aliphatic carbocycles. The number of benzene rings is 1. The molecule has 1 heterocycles. The molecule has 1 aromatic carbocycles. The maximum atomic E-state index is 12.3. The first-order valence-electron chi connectivity index (χ1n) is 7.41. The molecule has 0 spiro atoms. The van der Waals surface area contributed by atoms with Gasteiger partial charge in [0.05, 0.1) is 13.2 Å². The second-order valence-electron chi connectivity index (χ2n) is 5.76. The van der Waals surface area contributed by atoms with Crippen molar-refractivity contribution in [2.75, 3.05) is 31.6 Å². The fraction of sp³-hybridized carbons (Fsp3) is 0.562. The highest BCUT2D eigenvalue weighted by molar-refractivity contribution is 5.93. The van der Waals surface area contributed by atoms with E-state index in [0.717, 1.165) is 32.0 Å². The fourth-order valence-electron chi connectivity index (χ4n) is 2.45. The predicted molar refractivity (Wildman–Crippen MR) is 80.1 cm³/mol. The minimum atomic E-state index is -0.0383. The fourth-order valence-corrected chi connectivity index (χ4v) is 2.45. The normalized spacial score (nSPS) is 18.0. The summed E-state index contributed by atoms with van der Waals surface area (Å²) in [6.45, 7) is 9.61. The van der Waals surface area contributed by atoms with Crippen LogP contribution in [0.15, 0.2) is 24.3 Å². The Morgan fingerprint density at radius 2 is 1.75 bits per heavy atom. The van der Waals surface area contributed by atoms with Crippen molar-refractivity contribution in [3.05, 3.63) is 29.8 Å². The number of rotatable bonds is 4. The van der Waals surface area contributed by atoms with Gasteiger partial charge in [-0.15, -0.1) is 0 Å². The molecule has 1 saturated heterocycles. The Labute approximate surface area is 121 Å². The Morgan fingerprint density at radius 3 is 2.30 bits per heavy atom. The molecule has 2 rings (SSSR count). The number of nitrogens with one attached hydrogen (secondary N) is 2. The number of carbonyl (C=O) groups excluding carboxylic acids is 1. The summed E-state index contributed by atoms with van der Waals surface area (Å²) in [6, 6.07) is 8.08. The van der Waals surface area contributed by atoms with Gasteiger partial charge in [0, 0.05) is 5.69 Å². The molecule has 0 bridgehead atoms. The average Bonchev–Trinajstić information content (AvgIpc) is 2.48. The monoisotopic (exact) mass is 277 g/mol. The molecule has 1 aliphatic rings. The highest BCUT2D eigenvalue weighted by atomic mass is 16.5. The first-order valence-corrected chi connectivity index (χ1v) is 7.41. The summed E-state index contributed by atoms with van der Waals surface area (Å²) in [7, 11) is 0. The van der Waals surface area contributed by atoms with Gasteiger partial charge in [-0.3, -0.25) is 4.79 Å². The SMILES string of the molecule is CC(C)c1ccc(NC(=O)[C@H](C)[NH+]2CCOCC2)cc1. The van der Waals surface area contributed by atoms with E-state index in [4.69, 9.17) is 4.74 Å². The molecule has 1 aliphatic heterocycles. The summed E-state index contributed by atoms with van der Waals surface area (Å²) in [4.78, 5) is 13.6. The summed E-state index contributed by atoms with van der Waals surface area (Å²) in [5, 5.41) is 3.00. The van der Waals surface area contributed by atoms with Crippen molar-refractivity contribution in [3.63, 3.8) is 0 Å². The Balaban J connectivity index is 1.92. The van der Waals surface area contributed by atoms with Crippen LogP contribution in [0.2, 0.25) is 0 Å². The van der Waals surface area contributed by atoms with Crippen LogP contribution < -0.4 is 10.2 Å². The van der Waals surface area contributed by atoms with Gasteiger partial charge in [-0.25, -0.2) is 0 Å². The van der Waals surface area contributed by atoms with E-state index >= 15 is 0 Å². The van der Waals surface area contributed by atoms with Crippen LogP contribution in [0, 0.1) is 0 Å². The molecule has 1 atom stereocenters. The highest BCUT2D eigenvalue weighted by Crippen LogP contribution is 2.17. The van der Waals surface area contributed by atoms with Gasteiger partial charge in [0.25, 0.3) is 5.91 Å². The first kappa shape index (κ1) is 15.0. The quantitative estimate of drug-likeness (QED) is 0.864. The molecular formula is C16H25N2O2+. The van der Waals surface area contributed by atoms with Crippen molar-refractivity contribution in [3.8, 4) is 0 Å². The van der Waals surface area contributed by atoms with Crippen LogP contribution in [-0.2, 0) is 9.53 Å². The zero-order chi connectivity index (χ0) is 14.5. The van der Waals surface area contributed by atoms with E-state index in [9.17, 15) is 4.79 Å². The number of anilines is 1. The standard InChI is InChI=1S/C16H24N2O2/c1-12(2)14-4-6-15(7-5-14)17-16(19)13(3)18-8-10-20-11-9-18/h4-7,12-13H,8-11H2,1-3H3,(H,17,19)/p+1/t13-/m0/s1. The number of hydrogen-bond donors (Lipinski definition) is 2. The topological polar surface area (TPSA) is 42.8 Å². The lowest BCUT2D eigenvalue weighted by atomic mass is 10.0. The molecule has 1 fully saturated rings. The molecule has 0 saturated carbocycles. The van der Waals surface area contributed by atoms with Gasteiger partial charge < -0.3 is 15.0 Å². The predicted octanol–water partition coefficient (Wildman–Crippen LogP) is 1.05. The van der Waals surface area contributed by atoms with Crippen LogP contribution in [-0.4, -0.2) is 38.3 Å². The van der Waals surface area contributed by atoms with Crippen molar-refractivity contribution in [2.24, 2.45) is 0 Å². The van der Waals surface area contributed by atoms with Gasteiger partial charge in [0.15, 0.2) is 6.04 Å². The zero-order valence-corrected chi connectivity index (χ0v) is 12.6. The largest absolute Gasteiger partial charge is 0.370 e. The van der Waals surface area contributed by atoms with Crippen LogP contribution in [0.1, 0.15) is 32.3 Å². The van der Waals surface area contributed by atoms with E-state index in [1.165, 1.54) is 10.5 Å². The molecule has 0 aromatic heterocycles. The number of carbonyl (C=O) groups is 1. The molecule has 4 heteroatoms. The molecular weight excluding hydrogens is 252 g/mol. The molecule has 4 nitrogen and oxygen atoms in total. The third kappa shape index (κ3) is 3.81. The molecule has 110 valence electrons. The van der Waals surface area contributed by atoms with E-state index in [1.807, 2.05) is 19.1 Å². The third-order valence-corrected chi connectivity index (χ3v) is 3.99. The van der Waals surface area contributed by atoms with Crippen LogP contribution in [0.25, 0.3) is 0 Å². The van der Waals surface area contributed by atoms with Gasteiger partial charge >= 0.3 is 0 Å². The summed E-state index contributed by atoms with van der Waals surface area (Å²) in [5.74, 6) is 0.593. The lowest BCUT2D eigenvalue weighted by Crippen LogP contribution is -3.18. The van der Waals surface area contributed by atoms with Crippen molar-refractivity contribution in [2.45, 2.75) is 32.7 Å². The van der Waals surface area contributed by atoms with Crippen LogP contribution in [0.5, 0.6) is 0 Å². The second-order valence-corrected chi connectivity index (χ2v) is 5.76. The zero-order valence-electron chi connectivity index (χ0n) is 12.6. The number of ether oxygens (including phenoxy) is 1. The van der Waals surface area contributed by atoms with Crippen LogP contribution >= 0.6 is 0 Å². The first-order chi connectivity index (χ1) is 9.58. The summed E-state index contributed by atoms with van der Waals surface area (Å²) >= 11 is 0. The smallest absolute Gasteiger partial charge is 0.282 e. The summed E-state index contributed by atoms with van der Waals surface area (Å²) in [6.07, 6.45) is 0. The average molecular weight is 277 g/mol. The number of quaternary nitrogens is 1. The van der Waals surface area contributed by atoms with Gasteiger partial charge in [-0.2, -0.15) is 0 Å². The van der Waals surface area contributed by atoms with Crippen LogP contribution in [0.4, 0.5) is 5.69 Å². The second kappa shape index (κ2) is 6.86. The Morgan fingerprint density at radius 1 is 1.15 bits per heavy atom. The highest BCUT2D eigenvalue weighted by Gasteiger charge is 2.26. The minimum Gasteiger partial charge on any atom is -0.370 e. The molecule has 1 aromatic rings. The van der Waals surface area contributed by atoms with Gasteiger partial charge in [-0.05, 0) is 30.5 Å². The van der Waals surface area contributed by atoms with E-state index in [-0.39, 0.29) is 11.9 Å². The van der Waals surface area contributed by atoms with E-state index in [0.29, 0.717) is 5.92 Å². The van der Waals surface area contributed by atoms with Gasteiger partial charge in [0.1, 0.15) is 13.1 Å². The van der Waals surface area contributed by atoms with Gasteiger partial charge in [-0.1, -0.05) is 26.0 Å². The Bertz CT molecular complexity index is 436. The van der Waals surface area contributed by atoms with Crippen molar-refractivity contribution in [1.82, 2.24) is 0 Å². The van der Waals surface area contributed by atoms with Gasteiger partial charge in [0.2, 0.25) is 0 Å². The number of morpholine rings is 1. The van der Waals surface area contributed by atoms with Crippen LogP contribution in [0.3, 0.4) is 0 Å². The lowest BCUT2D eigenvalue weighted by Gasteiger charge is -2.28. The minimum absolute atomic E-state index is 0.0383. The lowest BCUT2D eigenvalue weighted by molar-refractivity contribution is -0.921. The molecule has 2 N–H and O–H groups in total. The van der Waals surface area contributed by atoms with Crippen molar-refractivity contribution in [1.29, 1.82) is 0 Å². The Kier molecular flexibility index (Phi) is 5.15. The molecule has 20 heavy (non-hydrogen) atoms. The molecule has 0 radical (unpaired) electrons. The summed E-state index contributed by atoms with van der Waals surface area (Å²) in [5.41, 5.74) is 2.16. The van der Waals surface area contributed by atoms with E-state index in [1.54, 1.807) is 0 Å². The number of amides is 1. The maximum Gasteiger partial charge on any atom is 0.282 e. The number of hydrogen-bond acceptors (Lipinski definition) is 2. The van der Waals surface area contributed by atoms with E-state index in [2.05, 4.69) is 31.3 Å². The van der Waals surface area contributed by atoms with Crippen molar-refractivity contribution >= 4 is 11.6 Å². The van der Waals surface area contributed by atoms with Crippen molar-refractivity contribution < 1.29 is 14.4 Å². The molecule has 0 unspecified atom stereocenters. The maximum absolute atomic E-state index is 12.3. The molecule has 1 amide bonds. The van der Waals surface area contributed by atoms with E-state index < -0.39 is 0 Å².